The Labute approximate surface area is 239 Å². The molecular formula is C31H41IO6. The van der Waals surface area contributed by atoms with Gasteiger partial charge in [0.1, 0.15) is 17.8 Å². The van der Waals surface area contributed by atoms with Crippen molar-refractivity contribution in [2.45, 2.75) is 103 Å². The number of rotatable bonds is 5. The third-order valence-electron chi connectivity index (χ3n) is 11.2. The van der Waals surface area contributed by atoms with Gasteiger partial charge in [0.15, 0.2) is 5.78 Å². The molecule has 0 spiro atoms. The van der Waals surface area contributed by atoms with Gasteiger partial charge in [0.25, 0.3) is 0 Å². The molecule has 4 saturated carbocycles. The second-order valence-electron chi connectivity index (χ2n) is 13.0. The average molecular weight is 637 g/mol. The number of ether oxygens (including phenoxy) is 2. The molecule has 1 aromatic rings. The van der Waals surface area contributed by atoms with E-state index in [9.17, 15) is 19.5 Å². The number of halogens is 1. The van der Waals surface area contributed by atoms with Crippen molar-refractivity contribution in [1.29, 1.82) is 0 Å². The molecule has 38 heavy (non-hydrogen) atoms. The Bertz CT molecular complexity index is 1120. The van der Waals surface area contributed by atoms with Gasteiger partial charge in [-0.2, -0.15) is 0 Å². The van der Waals surface area contributed by atoms with Crippen LogP contribution < -0.4 is 0 Å². The lowest BCUT2D eigenvalue weighted by atomic mass is 9.43. The Hall–Kier alpha value is -1.48. The van der Waals surface area contributed by atoms with Crippen LogP contribution in [0.25, 0.3) is 0 Å². The highest BCUT2D eigenvalue weighted by Crippen LogP contribution is 2.68. The first-order valence-corrected chi connectivity index (χ1v) is 15.3. The number of Topliss-reactive ketones (excluding diaryl/α,β-unsaturated/α-hetero) is 1. The Balaban J connectivity index is 1.46. The first-order valence-electron chi connectivity index (χ1n) is 14.2. The van der Waals surface area contributed by atoms with Crippen molar-refractivity contribution in [3.8, 4) is 0 Å². The van der Waals surface area contributed by atoms with Gasteiger partial charge < -0.3 is 14.6 Å². The minimum absolute atomic E-state index is 0.0536. The molecule has 1 aromatic carbocycles. The molecule has 9 atom stereocenters. The second-order valence-corrected chi connectivity index (χ2v) is 14.2. The van der Waals surface area contributed by atoms with Crippen LogP contribution in [0.2, 0.25) is 0 Å². The number of hydrogen-bond donors (Lipinski definition) is 1. The van der Waals surface area contributed by atoms with Crippen molar-refractivity contribution in [3.63, 3.8) is 0 Å². The molecule has 0 bridgehead atoms. The van der Waals surface area contributed by atoms with Gasteiger partial charge in [0.2, 0.25) is 0 Å². The van der Waals surface area contributed by atoms with E-state index in [-0.39, 0.29) is 59.5 Å². The molecule has 0 heterocycles. The minimum Gasteiger partial charge on any atom is -0.463 e. The molecule has 0 amide bonds. The van der Waals surface area contributed by atoms with E-state index in [2.05, 4.69) is 36.4 Å². The summed E-state index contributed by atoms with van der Waals surface area (Å²) in [5.74, 6) is 0.240. The largest absolute Gasteiger partial charge is 0.463 e. The summed E-state index contributed by atoms with van der Waals surface area (Å²) in [7, 11) is 0. The van der Waals surface area contributed by atoms with Crippen molar-refractivity contribution >= 4 is 40.3 Å². The van der Waals surface area contributed by atoms with Crippen molar-refractivity contribution in [3.05, 3.63) is 33.4 Å². The highest BCUT2D eigenvalue weighted by atomic mass is 127. The lowest BCUT2D eigenvalue weighted by Gasteiger charge is -2.63. The number of aliphatic hydroxyl groups is 1. The minimum atomic E-state index is -1.32. The first kappa shape index (κ1) is 28.1. The lowest BCUT2D eigenvalue weighted by Crippen LogP contribution is -2.62. The van der Waals surface area contributed by atoms with Gasteiger partial charge in [-0.1, -0.05) is 26.0 Å². The van der Waals surface area contributed by atoms with E-state index in [0.717, 1.165) is 54.1 Å². The van der Waals surface area contributed by atoms with E-state index in [1.165, 1.54) is 13.8 Å². The topological polar surface area (TPSA) is 89.9 Å². The molecule has 1 N–H and O–H groups in total. The Morgan fingerprint density at radius 1 is 1.00 bits per heavy atom. The summed E-state index contributed by atoms with van der Waals surface area (Å²) < 4.78 is 13.1. The lowest BCUT2D eigenvalue weighted by molar-refractivity contribution is -0.207. The SMILES string of the molecule is CC(=O)O[C@@H]1CC[C@@]2(C)[C@H](C1)C[C@H](OC(=O)Cc1cccc(I)c1)[C@H]1[C@H]3CC[C@](O)(C(C)=O)[C@@]3(C)CC[C@@H]12. The van der Waals surface area contributed by atoms with Crippen LogP contribution in [0.5, 0.6) is 0 Å². The Kier molecular flexibility index (Phi) is 7.51. The van der Waals surface area contributed by atoms with Crippen LogP contribution in [-0.4, -0.2) is 40.6 Å². The van der Waals surface area contributed by atoms with Crippen molar-refractivity contribution in [1.82, 2.24) is 0 Å². The summed E-state index contributed by atoms with van der Waals surface area (Å²) in [5.41, 5.74) is -0.842. The monoisotopic (exact) mass is 636 g/mol. The van der Waals surface area contributed by atoms with Gasteiger partial charge in [-0.15, -0.1) is 0 Å². The zero-order chi connectivity index (χ0) is 27.5. The molecule has 0 aliphatic heterocycles. The highest BCUT2D eigenvalue weighted by molar-refractivity contribution is 14.1. The van der Waals surface area contributed by atoms with Gasteiger partial charge in [-0.25, -0.2) is 0 Å². The number of esters is 2. The van der Waals surface area contributed by atoms with Gasteiger partial charge in [-0.3, -0.25) is 14.4 Å². The first-order chi connectivity index (χ1) is 17.9. The summed E-state index contributed by atoms with van der Waals surface area (Å²) in [4.78, 5) is 37.8. The summed E-state index contributed by atoms with van der Waals surface area (Å²) in [6.45, 7) is 7.47. The van der Waals surface area contributed by atoms with E-state index < -0.39 is 11.0 Å². The summed E-state index contributed by atoms with van der Waals surface area (Å²) in [6, 6.07) is 7.92. The maximum absolute atomic E-state index is 13.3. The second kappa shape index (κ2) is 10.2. The van der Waals surface area contributed by atoms with Gasteiger partial charge >= 0.3 is 11.9 Å². The smallest absolute Gasteiger partial charge is 0.310 e. The van der Waals surface area contributed by atoms with Crippen molar-refractivity contribution < 1.29 is 29.0 Å². The third-order valence-corrected chi connectivity index (χ3v) is 11.9. The molecule has 4 aliphatic carbocycles. The van der Waals surface area contributed by atoms with E-state index >= 15 is 0 Å². The molecule has 208 valence electrons. The van der Waals surface area contributed by atoms with Crippen LogP contribution >= 0.6 is 22.6 Å². The predicted molar refractivity (Wildman–Crippen MR) is 151 cm³/mol. The van der Waals surface area contributed by atoms with Gasteiger partial charge in [-0.05, 0) is 122 Å². The number of carbonyl (C=O) groups excluding carboxylic acids is 3. The zero-order valence-electron chi connectivity index (χ0n) is 23.0. The molecule has 7 heteroatoms. The molecule has 4 aliphatic rings. The van der Waals surface area contributed by atoms with Gasteiger partial charge in [0, 0.05) is 21.8 Å². The van der Waals surface area contributed by atoms with Crippen LogP contribution in [0.3, 0.4) is 0 Å². The predicted octanol–water partition coefficient (Wildman–Crippen LogP) is 5.65. The highest BCUT2D eigenvalue weighted by Gasteiger charge is 2.68. The normalized spacial score (nSPS) is 41.8. The Morgan fingerprint density at radius 2 is 1.74 bits per heavy atom. The van der Waals surface area contributed by atoms with Crippen molar-refractivity contribution in [2.75, 3.05) is 0 Å². The molecule has 0 aromatic heterocycles. The molecule has 0 saturated heterocycles. The number of benzene rings is 1. The summed E-state index contributed by atoms with van der Waals surface area (Å²) in [5, 5.41) is 11.6. The van der Waals surface area contributed by atoms with Crippen LogP contribution in [-0.2, 0) is 30.3 Å². The quantitative estimate of drug-likeness (QED) is 0.332. The van der Waals surface area contributed by atoms with E-state index in [1.807, 2.05) is 24.3 Å². The van der Waals surface area contributed by atoms with Crippen LogP contribution in [0, 0.1) is 38.1 Å². The fourth-order valence-corrected chi connectivity index (χ4v) is 9.85. The molecule has 0 unspecified atom stereocenters. The van der Waals surface area contributed by atoms with Crippen LogP contribution in [0.1, 0.15) is 84.6 Å². The molecule has 6 nitrogen and oxygen atoms in total. The Morgan fingerprint density at radius 3 is 2.42 bits per heavy atom. The number of fused-ring (bicyclic) bond motifs is 5. The number of ketones is 1. The molecule has 5 rings (SSSR count). The third kappa shape index (κ3) is 4.63. The van der Waals surface area contributed by atoms with E-state index in [1.54, 1.807) is 0 Å². The standard InChI is InChI=1S/C31H41IO6/c1-18(33)31(36)13-10-25-28-24(9-12-30(25,31)4)29(3)11-8-23(37-19(2)34)16-21(29)17-26(28)38-27(35)15-20-6-5-7-22(32)14-20/h5-7,14,21,23-26,28,36H,8-13,15-17H2,1-4H3/t21-,23-,24+,25-,26+,28-,29+,30+,31+/m1/s1. The van der Waals surface area contributed by atoms with Crippen LogP contribution in [0.15, 0.2) is 24.3 Å². The summed E-state index contributed by atoms with van der Waals surface area (Å²) >= 11 is 2.25. The number of carbonyl (C=O) groups is 3. The number of hydrogen-bond acceptors (Lipinski definition) is 6. The average Bonchev–Trinajstić information content (AvgIpc) is 3.11. The van der Waals surface area contributed by atoms with Crippen LogP contribution in [0.4, 0.5) is 0 Å². The maximum atomic E-state index is 13.3. The zero-order valence-corrected chi connectivity index (χ0v) is 25.2. The summed E-state index contributed by atoms with van der Waals surface area (Å²) in [6.07, 6.45) is 6.17. The van der Waals surface area contributed by atoms with E-state index in [4.69, 9.17) is 9.47 Å². The maximum Gasteiger partial charge on any atom is 0.310 e. The molecule has 4 fully saturated rings. The molecular weight excluding hydrogens is 595 g/mol. The van der Waals surface area contributed by atoms with E-state index in [0.29, 0.717) is 12.3 Å². The van der Waals surface area contributed by atoms with Crippen molar-refractivity contribution in [2.24, 2.45) is 34.5 Å². The fraction of sp³-hybridized carbons (Fsp3) is 0.710. The molecule has 0 radical (unpaired) electrons. The van der Waals surface area contributed by atoms with Gasteiger partial charge in [0.05, 0.1) is 6.42 Å². The fourth-order valence-electron chi connectivity index (χ4n) is 9.24.